The van der Waals surface area contributed by atoms with Gasteiger partial charge in [-0.05, 0) is 117 Å². The van der Waals surface area contributed by atoms with Crippen molar-refractivity contribution < 1.29 is 9.53 Å². The van der Waals surface area contributed by atoms with Crippen LogP contribution in [0.4, 0.5) is 23.0 Å². The average Bonchev–Trinajstić information content (AvgIpc) is 3.27. The van der Waals surface area contributed by atoms with Crippen LogP contribution in [0.2, 0.25) is 0 Å². The third kappa shape index (κ3) is 12.8. The van der Waals surface area contributed by atoms with E-state index in [2.05, 4.69) is 62.0 Å². The number of nitrogens with one attached hydrogen (secondary N) is 4. The highest BCUT2D eigenvalue weighted by atomic mass is 16.5. The highest BCUT2D eigenvalue weighted by Crippen LogP contribution is 2.51. The molecular weight excluding hydrogens is 823 g/mol. The first kappa shape index (κ1) is 47.8. The number of benzene rings is 2. The number of rotatable bonds is 23. The molecule has 12 nitrogen and oxygen atoms in total. The van der Waals surface area contributed by atoms with E-state index in [4.69, 9.17) is 9.72 Å². The minimum atomic E-state index is -0.134. The highest BCUT2D eigenvalue weighted by molar-refractivity contribution is 5.81. The largest absolute Gasteiger partial charge is 0.494 e. The van der Waals surface area contributed by atoms with Crippen molar-refractivity contribution in [2.45, 2.75) is 124 Å². The molecule has 4 N–H and O–H groups in total. The van der Waals surface area contributed by atoms with E-state index in [9.17, 15) is 9.59 Å². The fourth-order valence-corrected chi connectivity index (χ4v) is 11.8. The number of aromatic nitrogens is 3. The summed E-state index contributed by atoms with van der Waals surface area (Å²) in [6, 6.07) is 15.9. The zero-order valence-electron chi connectivity index (χ0n) is 40.6. The van der Waals surface area contributed by atoms with Crippen molar-refractivity contribution in [3.8, 4) is 11.4 Å². The van der Waals surface area contributed by atoms with Crippen LogP contribution in [0.3, 0.4) is 0 Å². The molecule has 358 valence electrons. The van der Waals surface area contributed by atoms with Crippen molar-refractivity contribution in [1.29, 1.82) is 0 Å². The van der Waals surface area contributed by atoms with Gasteiger partial charge in [-0.3, -0.25) is 19.1 Å². The molecule has 2 saturated heterocycles. The summed E-state index contributed by atoms with van der Waals surface area (Å²) in [5.41, 5.74) is 5.12. The van der Waals surface area contributed by atoms with Crippen LogP contribution in [0.1, 0.15) is 122 Å². The molecule has 0 radical (unpaired) electrons. The van der Waals surface area contributed by atoms with E-state index in [1.165, 1.54) is 96.4 Å². The monoisotopic (exact) mass is 902 g/mol. The first-order chi connectivity index (χ1) is 32.1. The Morgan fingerprint density at radius 2 is 1.58 bits per heavy atom. The molecule has 1 amide bonds. The van der Waals surface area contributed by atoms with E-state index < -0.39 is 0 Å². The molecule has 2 atom stereocenters. The molecule has 2 unspecified atom stereocenters. The van der Waals surface area contributed by atoms with Crippen LogP contribution in [-0.4, -0.2) is 91.4 Å². The standard InChI is InChI=1S/C54H79N9O3/c1-39-26-41-29-42(27-39)33-54(3,32-41)34-50(64)56-20-13-11-9-7-5-6-8-10-12-14-21-61-22-24-62(25-23-61)45-18-19-48(49(31-45)66-4)59-53-58-38-47-40(2)28-51(65)63(52(47)60-53)46-17-15-16-44(30-46)57-37-43-35-55-36-43/h15-19,28,30-31,38-39,41-43,55,57H,5-14,20-27,29,32-37H2,1-4H3,(H,56,64)(H,58,59,60). The van der Waals surface area contributed by atoms with Crippen molar-refractivity contribution in [1.82, 2.24) is 30.1 Å². The van der Waals surface area contributed by atoms with Crippen molar-refractivity contribution in [2.75, 3.05) is 81.5 Å². The molecule has 8 rings (SSSR count). The molecule has 4 aromatic rings. The third-order valence-electron chi connectivity index (χ3n) is 15.2. The van der Waals surface area contributed by atoms with Crippen molar-refractivity contribution in [3.05, 3.63) is 70.6 Å². The number of aryl methyl sites for hydroxylation is 1. The topological polar surface area (TPSA) is 129 Å². The molecule has 12 heteroatoms. The highest BCUT2D eigenvalue weighted by Gasteiger charge is 2.41. The zero-order chi connectivity index (χ0) is 45.9. The van der Waals surface area contributed by atoms with E-state index in [1.807, 2.05) is 37.3 Å². The maximum Gasteiger partial charge on any atom is 0.257 e. The van der Waals surface area contributed by atoms with E-state index in [0.717, 1.165) is 122 Å². The van der Waals surface area contributed by atoms with Crippen LogP contribution >= 0.6 is 0 Å². The number of carbonyl (C=O) groups is 1. The van der Waals surface area contributed by atoms with Gasteiger partial charge in [0.05, 0.1) is 18.5 Å². The summed E-state index contributed by atoms with van der Waals surface area (Å²) in [4.78, 5) is 40.9. The SMILES string of the molecule is COc1cc(N2CCN(CCCCCCCCCCCCNC(=O)CC3(C)CC4CC(C)CC(C4)C3)CC2)ccc1Nc1ncc2c(C)cc(=O)n(-c3cccc(NCC4CNC4)c3)c2n1. The number of ether oxygens (including phenoxy) is 1. The van der Waals surface area contributed by atoms with Gasteiger partial charge in [-0.15, -0.1) is 0 Å². The molecule has 2 bridgehead atoms. The number of piperazine rings is 1. The Kier molecular flexibility index (Phi) is 16.6. The number of hydrogen-bond acceptors (Lipinski definition) is 10. The Bertz CT molecular complexity index is 2250. The number of unbranched alkanes of at least 4 members (excludes halogenated alkanes) is 9. The summed E-state index contributed by atoms with van der Waals surface area (Å²) in [5, 5.41) is 14.3. The van der Waals surface area contributed by atoms with Gasteiger partial charge in [0.1, 0.15) is 5.75 Å². The second kappa shape index (κ2) is 22.9. The number of carbonyl (C=O) groups excluding carboxylic acids is 1. The van der Waals surface area contributed by atoms with Gasteiger partial charge < -0.3 is 30.9 Å². The van der Waals surface area contributed by atoms with E-state index in [0.29, 0.717) is 17.5 Å². The molecular formula is C54H79N9O3. The van der Waals surface area contributed by atoms with Gasteiger partial charge in [0.2, 0.25) is 11.9 Å². The van der Waals surface area contributed by atoms with E-state index >= 15 is 0 Å². The Morgan fingerprint density at radius 3 is 2.27 bits per heavy atom. The zero-order valence-corrected chi connectivity index (χ0v) is 40.6. The number of methoxy groups -OCH3 is 1. The van der Waals surface area contributed by atoms with Crippen molar-refractivity contribution in [2.24, 2.45) is 29.1 Å². The van der Waals surface area contributed by atoms with Crippen LogP contribution in [0.15, 0.2) is 59.5 Å². The second-order valence-electron chi connectivity index (χ2n) is 21.1. The summed E-state index contributed by atoms with van der Waals surface area (Å²) < 4.78 is 7.56. The number of anilines is 4. The number of nitrogens with zero attached hydrogens (tertiary/aromatic N) is 5. The average molecular weight is 902 g/mol. The summed E-state index contributed by atoms with van der Waals surface area (Å²) in [6.45, 7) is 15.8. The predicted molar refractivity (Wildman–Crippen MR) is 271 cm³/mol. The fraction of sp³-hybridized carbons (Fsp3) is 0.630. The Labute approximate surface area is 394 Å². The first-order valence-electron chi connectivity index (χ1n) is 25.7. The minimum Gasteiger partial charge on any atom is -0.494 e. The maximum atomic E-state index is 13.5. The molecule has 2 aromatic heterocycles. The molecule has 2 aliphatic heterocycles. The lowest BCUT2D eigenvalue weighted by atomic mass is 9.58. The van der Waals surface area contributed by atoms with Gasteiger partial charge in [0, 0.05) is 99.8 Å². The lowest BCUT2D eigenvalue weighted by Gasteiger charge is -2.47. The number of fused-ring (bicyclic) bond motifs is 3. The Hall–Kier alpha value is -4.68. The molecule has 2 aromatic carbocycles. The van der Waals surface area contributed by atoms with Crippen molar-refractivity contribution in [3.63, 3.8) is 0 Å². The predicted octanol–water partition coefficient (Wildman–Crippen LogP) is 9.85. The van der Waals surface area contributed by atoms with Gasteiger partial charge >= 0.3 is 0 Å². The van der Waals surface area contributed by atoms with Crippen molar-refractivity contribution >= 4 is 40.0 Å². The van der Waals surface area contributed by atoms with Gasteiger partial charge in [0.25, 0.3) is 5.56 Å². The molecule has 2 saturated carbocycles. The molecule has 4 aliphatic rings. The van der Waals surface area contributed by atoms with Gasteiger partial charge in [-0.25, -0.2) is 4.98 Å². The first-order valence-corrected chi connectivity index (χ1v) is 25.7. The van der Waals surface area contributed by atoms with E-state index in [-0.39, 0.29) is 16.9 Å². The van der Waals surface area contributed by atoms with E-state index in [1.54, 1.807) is 23.9 Å². The summed E-state index contributed by atoms with van der Waals surface area (Å²) >= 11 is 0. The summed E-state index contributed by atoms with van der Waals surface area (Å²) in [6.07, 6.45) is 22.1. The molecule has 0 spiro atoms. The van der Waals surface area contributed by atoms with Crippen LogP contribution < -0.4 is 36.5 Å². The van der Waals surface area contributed by atoms with Gasteiger partial charge in [-0.2, -0.15) is 4.98 Å². The number of pyridine rings is 1. The van der Waals surface area contributed by atoms with Crippen LogP contribution in [0.25, 0.3) is 16.7 Å². The molecule has 4 heterocycles. The normalized spacial score (nSPS) is 22.2. The lowest BCUT2D eigenvalue weighted by Crippen LogP contribution is -2.46. The Balaban J connectivity index is 0.704. The van der Waals surface area contributed by atoms with Crippen LogP contribution in [0.5, 0.6) is 5.75 Å². The summed E-state index contributed by atoms with van der Waals surface area (Å²) in [5.74, 6) is 4.59. The maximum absolute atomic E-state index is 13.5. The number of amides is 1. The fourth-order valence-electron chi connectivity index (χ4n) is 11.8. The Morgan fingerprint density at radius 1 is 0.864 bits per heavy atom. The van der Waals surface area contributed by atoms with Crippen LogP contribution in [-0.2, 0) is 4.79 Å². The smallest absolute Gasteiger partial charge is 0.257 e. The minimum absolute atomic E-state index is 0.134. The third-order valence-corrected chi connectivity index (χ3v) is 15.2. The van der Waals surface area contributed by atoms with Gasteiger partial charge in [0.15, 0.2) is 5.65 Å². The summed E-state index contributed by atoms with van der Waals surface area (Å²) in [7, 11) is 1.69. The molecule has 4 fully saturated rings. The molecule has 66 heavy (non-hydrogen) atoms. The van der Waals surface area contributed by atoms with Crippen LogP contribution in [0, 0.1) is 36.0 Å². The lowest BCUT2D eigenvalue weighted by molar-refractivity contribution is -0.124. The van der Waals surface area contributed by atoms with Gasteiger partial charge in [-0.1, -0.05) is 71.3 Å². The quantitative estimate of drug-likeness (QED) is 0.0535. The molecule has 2 aliphatic carbocycles. The second-order valence-corrected chi connectivity index (χ2v) is 21.1. The number of hydrogen-bond donors (Lipinski definition) is 4.